The first kappa shape index (κ1) is 15.1. The number of alkyl halides is 1. The molecule has 0 aliphatic heterocycles. The molecule has 2 aromatic carbocycles. The van der Waals surface area contributed by atoms with E-state index in [2.05, 4.69) is 66.6 Å². The van der Waals surface area contributed by atoms with E-state index in [1.807, 2.05) is 18.2 Å². The predicted molar refractivity (Wildman–Crippen MR) is 94.1 cm³/mol. The summed E-state index contributed by atoms with van der Waals surface area (Å²) in [6, 6.07) is 11.8. The summed E-state index contributed by atoms with van der Waals surface area (Å²) < 4.78 is 2.23. The second-order valence-electron chi connectivity index (χ2n) is 3.69. The zero-order chi connectivity index (χ0) is 13.3. The maximum absolute atomic E-state index is 6.23. The fourth-order valence-electron chi connectivity index (χ4n) is 1.58. The maximum atomic E-state index is 6.23. The Morgan fingerprint density at radius 3 is 2.39 bits per heavy atom. The van der Waals surface area contributed by atoms with Crippen LogP contribution in [0.1, 0.15) is 16.0 Å². The molecule has 2 aromatic rings. The summed E-state index contributed by atoms with van der Waals surface area (Å²) in [6.45, 7) is 0. The van der Waals surface area contributed by atoms with Gasteiger partial charge in [-0.3, -0.25) is 0 Å². The van der Waals surface area contributed by atoms with Gasteiger partial charge in [0.25, 0.3) is 0 Å². The van der Waals surface area contributed by atoms with E-state index in [1.54, 1.807) is 6.07 Å². The van der Waals surface area contributed by atoms with Crippen molar-refractivity contribution in [1.82, 2.24) is 0 Å². The van der Waals surface area contributed by atoms with Gasteiger partial charge >= 0.3 is 0 Å². The fraction of sp³-hybridized carbons (Fsp3) is 0.0769. The Morgan fingerprint density at radius 2 is 1.72 bits per heavy atom. The Balaban J connectivity index is 2.47. The van der Waals surface area contributed by atoms with E-state index < -0.39 is 0 Å². The van der Waals surface area contributed by atoms with Crippen LogP contribution in [0.5, 0.6) is 0 Å². The predicted octanol–water partition coefficient (Wildman–Crippen LogP) is 6.84. The van der Waals surface area contributed by atoms with Gasteiger partial charge in [-0.15, -0.1) is 0 Å². The average molecular weight is 521 g/mol. The van der Waals surface area contributed by atoms with Crippen molar-refractivity contribution in [2.75, 3.05) is 0 Å². The molecule has 0 amide bonds. The molecule has 0 radical (unpaired) electrons. The lowest BCUT2D eigenvalue weighted by atomic mass is 10.0. The highest BCUT2D eigenvalue weighted by molar-refractivity contribution is 14.1. The van der Waals surface area contributed by atoms with Crippen LogP contribution < -0.4 is 0 Å². The summed E-state index contributed by atoms with van der Waals surface area (Å²) in [5.74, 6) is 0. The fourth-order valence-corrected chi connectivity index (χ4v) is 4.31. The summed E-state index contributed by atoms with van der Waals surface area (Å²) in [5.41, 5.74) is 2.15. The van der Waals surface area contributed by atoms with Crippen LogP contribution in [0.15, 0.2) is 40.9 Å². The van der Waals surface area contributed by atoms with Gasteiger partial charge in [0.15, 0.2) is 0 Å². The van der Waals surface area contributed by atoms with E-state index in [9.17, 15) is 0 Å². The highest BCUT2D eigenvalue weighted by Crippen LogP contribution is 2.39. The number of hydrogen-bond acceptors (Lipinski definition) is 0. The first-order chi connectivity index (χ1) is 8.49. The molecule has 0 fully saturated rings. The summed E-state index contributed by atoms with van der Waals surface area (Å²) >= 11 is 21.7. The first-order valence-corrected chi connectivity index (χ1v) is 8.57. The maximum Gasteiger partial charge on any atom is 0.0670 e. The van der Waals surface area contributed by atoms with Crippen molar-refractivity contribution in [1.29, 1.82) is 0 Å². The second-order valence-corrected chi connectivity index (χ2v) is 7.55. The van der Waals surface area contributed by atoms with Crippen molar-refractivity contribution in [3.8, 4) is 0 Å². The van der Waals surface area contributed by atoms with Gasteiger partial charge in [-0.05, 0) is 64.0 Å². The van der Waals surface area contributed by atoms with Crippen LogP contribution >= 0.6 is 77.7 Å². The minimum Gasteiger partial charge on any atom is -0.0843 e. The van der Waals surface area contributed by atoms with Crippen LogP contribution in [0.4, 0.5) is 0 Å². The molecule has 0 aliphatic rings. The van der Waals surface area contributed by atoms with Crippen LogP contribution in [0.2, 0.25) is 10.0 Å². The Labute approximate surface area is 146 Å². The van der Waals surface area contributed by atoms with E-state index in [0.29, 0.717) is 10.0 Å². The summed E-state index contributed by atoms with van der Waals surface area (Å²) in [4.78, 5) is 0.0337. The van der Waals surface area contributed by atoms with E-state index in [1.165, 1.54) is 3.57 Å². The van der Waals surface area contributed by atoms with E-state index in [0.717, 1.165) is 15.6 Å². The normalized spacial score (nSPS) is 12.5. The van der Waals surface area contributed by atoms with Crippen molar-refractivity contribution in [3.63, 3.8) is 0 Å². The number of benzene rings is 2. The Hall–Kier alpha value is 0.710. The minimum absolute atomic E-state index is 0.0337. The second kappa shape index (κ2) is 6.44. The summed E-state index contributed by atoms with van der Waals surface area (Å²) in [6.07, 6.45) is 0. The standard InChI is InChI=1S/C13H7Br2Cl2I/c14-11-4-2-8(18)6-10(11)13(15)9-3-1-7(16)5-12(9)17/h1-6,13H. The van der Waals surface area contributed by atoms with Crippen LogP contribution in [0, 0.1) is 3.57 Å². The van der Waals surface area contributed by atoms with Crippen molar-refractivity contribution < 1.29 is 0 Å². The minimum atomic E-state index is 0.0337. The molecule has 0 saturated carbocycles. The van der Waals surface area contributed by atoms with Crippen LogP contribution in [0.3, 0.4) is 0 Å². The first-order valence-electron chi connectivity index (χ1n) is 5.03. The van der Waals surface area contributed by atoms with Crippen molar-refractivity contribution >= 4 is 77.7 Å². The molecule has 2 rings (SSSR count). The smallest absolute Gasteiger partial charge is 0.0670 e. The number of rotatable bonds is 2. The topological polar surface area (TPSA) is 0 Å². The highest BCUT2D eigenvalue weighted by Gasteiger charge is 2.16. The van der Waals surface area contributed by atoms with Gasteiger partial charge in [0.2, 0.25) is 0 Å². The van der Waals surface area contributed by atoms with Gasteiger partial charge in [-0.2, -0.15) is 0 Å². The lowest BCUT2D eigenvalue weighted by molar-refractivity contribution is 1.16. The molecule has 18 heavy (non-hydrogen) atoms. The third-order valence-corrected chi connectivity index (χ3v) is 5.41. The molecule has 0 saturated heterocycles. The van der Waals surface area contributed by atoms with Crippen LogP contribution in [-0.4, -0.2) is 0 Å². The molecular weight excluding hydrogens is 514 g/mol. The van der Waals surface area contributed by atoms with Crippen LogP contribution in [-0.2, 0) is 0 Å². The molecule has 0 nitrogen and oxygen atoms in total. The number of halogens is 5. The van der Waals surface area contributed by atoms with Gasteiger partial charge in [0.05, 0.1) is 4.83 Å². The molecular formula is C13H7Br2Cl2I. The zero-order valence-electron chi connectivity index (χ0n) is 8.93. The lowest BCUT2D eigenvalue weighted by Crippen LogP contribution is -1.96. The third-order valence-electron chi connectivity index (χ3n) is 2.47. The molecule has 0 bridgehead atoms. The van der Waals surface area contributed by atoms with Crippen molar-refractivity contribution in [2.24, 2.45) is 0 Å². The SMILES string of the molecule is Clc1ccc(C(Br)c2cc(I)ccc2Br)c(Cl)c1. The Kier molecular flexibility index (Phi) is 5.40. The van der Waals surface area contributed by atoms with Gasteiger partial charge < -0.3 is 0 Å². The third kappa shape index (κ3) is 3.42. The average Bonchev–Trinajstić information content (AvgIpc) is 2.31. The molecule has 0 aromatic heterocycles. The Bertz CT molecular complexity index is 587. The lowest BCUT2D eigenvalue weighted by Gasteiger charge is -2.15. The molecule has 0 aliphatic carbocycles. The molecule has 94 valence electrons. The molecule has 0 N–H and O–H groups in total. The molecule has 1 unspecified atom stereocenters. The van der Waals surface area contributed by atoms with E-state index in [-0.39, 0.29) is 4.83 Å². The van der Waals surface area contributed by atoms with E-state index in [4.69, 9.17) is 23.2 Å². The summed E-state index contributed by atoms with van der Waals surface area (Å²) in [5, 5.41) is 1.31. The van der Waals surface area contributed by atoms with Crippen LogP contribution in [0.25, 0.3) is 0 Å². The summed E-state index contributed by atoms with van der Waals surface area (Å²) in [7, 11) is 0. The van der Waals surface area contributed by atoms with Gasteiger partial charge in [-0.1, -0.05) is 61.1 Å². The highest BCUT2D eigenvalue weighted by atomic mass is 127. The molecule has 5 heteroatoms. The van der Waals surface area contributed by atoms with Gasteiger partial charge in [0.1, 0.15) is 0 Å². The molecule has 0 spiro atoms. The van der Waals surface area contributed by atoms with Gasteiger partial charge in [0, 0.05) is 18.1 Å². The Morgan fingerprint density at radius 1 is 1.00 bits per heavy atom. The van der Waals surface area contributed by atoms with Crippen molar-refractivity contribution in [3.05, 3.63) is 65.6 Å². The number of hydrogen-bond donors (Lipinski definition) is 0. The van der Waals surface area contributed by atoms with E-state index >= 15 is 0 Å². The monoisotopic (exact) mass is 518 g/mol. The molecule has 1 atom stereocenters. The largest absolute Gasteiger partial charge is 0.0843 e. The quantitative estimate of drug-likeness (QED) is 0.300. The zero-order valence-corrected chi connectivity index (χ0v) is 15.8. The van der Waals surface area contributed by atoms with Crippen molar-refractivity contribution in [2.45, 2.75) is 4.83 Å². The molecule has 0 heterocycles. The van der Waals surface area contributed by atoms with Gasteiger partial charge in [-0.25, -0.2) is 0 Å².